The van der Waals surface area contributed by atoms with Crippen LogP contribution in [0.15, 0.2) is 24.3 Å². The van der Waals surface area contributed by atoms with E-state index in [0.717, 1.165) is 31.4 Å². The van der Waals surface area contributed by atoms with Gasteiger partial charge in [0.1, 0.15) is 0 Å². The van der Waals surface area contributed by atoms with Crippen molar-refractivity contribution in [3.8, 4) is 0 Å². The highest BCUT2D eigenvalue weighted by atomic mass is 19.4. The van der Waals surface area contributed by atoms with Gasteiger partial charge in [0.15, 0.2) is 0 Å². The van der Waals surface area contributed by atoms with Crippen LogP contribution >= 0.6 is 0 Å². The van der Waals surface area contributed by atoms with Gasteiger partial charge in [-0.25, -0.2) is 0 Å². The molecule has 1 aromatic carbocycles. The van der Waals surface area contributed by atoms with Crippen LogP contribution in [0.4, 0.5) is 13.2 Å². The molecule has 0 spiro atoms. The van der Waals surface area contributed by atoms with Gasteiger partial charge in [0.2, 0.25) is 0 Å². The molecule has 0 saturated heterocycles. The SMILES string of the molecule is CCC1CCC(O)(c2cccc(C(F)(F)F)c2)CC1. The van der Waals surface area contributed by atoms with E-state index in [9.17, 15) is 18.3 Å². The molecule has 0 heterocycles. The molecular weight excluding hydrogens is 253 g/mol. The van der Waals surface area contributed by atoms with Gasteiger partial charge in [-0.1, -0.05) is 25.5 Å². The molecule has 0 aliphatic heterocycles. The van der Waals surface area contributed by atoms with Gasteiger partial charge in [0.25, 0.3) is 0 Å². The summed E-state index contributed by atoms with van der Waals surface area (Å²) in [4.78, 5) is 0. The minimum absolute atomic E-state index is 0.400. The summed E-state index contributed by atoms with van der Waals surface area (Å²) < 4.78 is 38.1. The first kappa shape index (κ1) is 14.4. The van der Waals surface area contributed by atoms with Gasteiger partial charge in [0.05, 0.1) is 11.2 Å². The van der Waals surface area contributed by atoms with E-state index >= 15 is 0 Å². The van der Waals surface area contributed by atoms with Crippen molar-refractivity contribution in [3.63, 3.8) is 0 Å². The van der Waals surface area contributed by atoms with Crippen LogP contribution in [0, 0.1) is 5.92 Å². The maximum Gasteiger partial charge on any atom is 0.416 e. The molecule has 0 radical (unpaired) electrons. The fourth-order valence-corrected chi connectivity index (χ4v) is 2.84. The highest BCUT2D eigenvalue weighted by Crippen LogP contribution is 2.41. The van der Waals surface area contributed by atoms with Gasteiger partial charge in [-0.3, -0.25) is 0 Å². The quantitative estimate of drug-likeness (QED) is 0.840. The summed E-state index contributed by atoms with van der Waals surface area (Å²) in [6.07, 6.45) is -0.433. The Morgan fingerprint density at radius 2 is 1.89 bits per heavy atom. The Morgan fingerprint density at radius 1 is 1.26 bits per heavy atom. The molecule has 1 N–H and O–H groups in total. The Morgan fingerprint density at radius 3 is 2.42 bits per heavy atom. The van der Waals surface area contributed by atoms with Crippen LogP contribution in [0.1, 0.15) is 50.2 Å². The lowest BCUT2D eigenvalue weighted by Crippen LogP contribution is -2.31. The standard InChI is InChI=1S/C15H19F3O/c1-2-11-6-8-14(19,9-7-11)12-4-3-5-13(10-12)15(16,17)18/h3-5,10-11,19H,2,6-9H2,1H3. The van der Waals surface area contributed by atoms with Crippen LogP contribution in [-0.2, 0) is 11.8 Å². The third-order valence-electron chi connectivity index (χ3n) is 4.24. The molecule has 1 aliphatic rings. The van der Waals surface area contributed by atoms with E-state index in [0.29, 0.717) is 24.3 Å². The predicted molar refractivity (Wildman–Crippen MR) is 67.6 cm³/mol. The molecule has 4 heteroatoms. The Labute approximate surface area is 111 Å². The molecule has 1 fully saturated rings. The van der Waals surface area contributed by atoms with E-state index in [1.165, 1.54) is 6.07 Å². The molecule has 1 aromatic rings. The van der Waals surface area contributed by atoms with E-state index in [-0.39, 0.29) is 0 Å². The summed E-state index contributed by atoms with van der Waals surface area (Å²) in [5.41, 5.74) is -1.37. The van der Waals surface area contributed by atoms with E-state index in [1.54, 1.807) is 6.07 Å². The molecule has 2 rings (SSSR count). The summed E-state index contributed by atoms with van der Waals surface area (Å²) in [6.45, 7) is 2.11. The van der Waals surface area contributed by atoms with Gasteiger partial charge in [-0.05, 0) is 49.3 Å². The maximum atomic E-state index is 12.7. The molecule has 0 unspecified atom stereocenters. The van der Waals surface area contributed by atoms with E-state index in [4.69, 9.17) is 0 Å². The Balaban J connectivity index is 2.22. The lowest BCUT2D eigenvalue weighted by molar-refractivity contribution is -0.137. The Kier molecular flexibility index (Phi) is 3.90. The van der Waals surface area contributed by atoms with Crippen LogP contribution < -0.4 is 0 Å². The third kappa shape index (κ3) is 3.11. The highest BCUT2D eigenvalue weighted by molar-refractivity contribution is 5.30. The van der Waals surface area contributed by atoms with Crippen LogP contribution in [0.3, 0.4) is 0 Å². The number of hydrogen-bond acceptors (Lipinski definition) is 1. The van der Waals surface area contributed by atoms with Crippen molar-refractivity contribution in [2.24, 2.45) is 5.92 Å². The van der Waals surface area contributed by atoms with Crippen LogP contribution in [0.2, 0.25) is 0 Å². The zero-order chi connectivity index (χ0) is 14.1. The van der Waals surface area contributed by atoms with E-state index in [2.05, 4.69) is 6.92 Å². The number of hydrogen-bond donors (Lipinski definition) is 1. The summed E-state index contributed by atoms with van der Waals surface area (Å²) >= 11 is 0. The lowest BCUT2D eigenvalue weighted by atomic mass is 9.74. The van der Waals surface area contributed by atoms with Gasteiger partial charge < -0.3 is 5.11 Å². The van der Waals surface area contributed by atoms with Gasteiger partial charge >= 0.3 is 6.18 Å². The van der Waals surface area contributed by atoms with Crippen molar-refractivity contribution in [3.05, 3.63) is 35.4 Å². The summed E-state index contributed by atoms with van der Waals surface area (Å²) in [5.74, 6) is 0.589. The number of halogens is 3. The largest absolute Gasteiger partial charge is 0.416 e. The van der Waals surface area contributed by atoms with Crippen molar-refractivity contribution in [2.45, 2.75) is 50.8 Å². The van der Waals surface area contributed by atoms with E-state index < -0.39 is 17.3 Å². The molecule has 1 saturated carbocycles. The lowest BCUT2D eigenvalue weighted by Gasteiger charge is -2.36. The minimum Gasteiger partial charge on any atom is -0.385 e. The second-order valence-corrected chi connectivity index (χ2v) is 5.46. The van der Waals surface area contributed by atoms with Gasteiger partial charge in [-0.15, -0.1) is 0 Å². The second-order valence-electron chi connectivity index (χ2n) is 5.46. The average molecular weight is 272 g/mol. The number of benzene rings is 1. The fraction of sp³-hybridized carbons (Fsp3) is 0.600. The number of rotatable bonds is 2. The van der Waals surface area contributed by atoms with Gasteiger partial charge in [-0.2, -0.15) is 13.2 Å². The average Bonchev–Trinajstić information content (AvgIpc) is 2.39. The zero-order valence-electron chi connectivity index (χ0n) is 11.0. The first-order chi connectivity index (χ1) is 8.85. The maximum absolute atomic E-state index is 12.7. The van der Waals surface area contributed by atoms with Crippen molar-refractivity contribution in [2.75, 3.05) is 0 Å². The predicted octanol–water partition coefficient (Wildman–Crippen LogP) is 4.49. The van der Waals surface area contributed by atoms with Crippen LogP contribution in [0.5, 0.6) is 0 Å². The molecule has 0 bridgehead atoms. The molecule has 19 heavy (non-hydrogen) atoms. The molecule has 0 aromatic heterocycles. The Bertz CT molecular complexity index is 431. The fourth-order valence-electron chi connectivity index (χ4n) is 2.84. The smallest absolute Gasteiger partial charge is 0.385 e. The van der Waals surface area contributed by atoms with Crippen molar-refractivity contribution < 1.29 is 18.3 Å². The van der Waals surface area contributed by atoms with Crippen molar-refractivity contribution in [1.29, 1.82) is 0 Å². The summed E-state index contributed by atoms with van der Waals surface area (Å²) in [5, 5.41) is 10.6. The first-order valence-electron chi connectivity index (χ1n) is 6.75. The normalized spacial score (nSPS) is 28.4. The minimum atomic E-state index is -4.35. The third-order valence-corrected chi connectivity index (χ3v) is 4.24. The van der Waals surface area contributed by atoms with Crippen LogP contribution in [-0.4, -0.2) is 5.11 Å². The molecule has 0 atom stereocenters. The number of aliphatic hydroxyl groups is 1. The molecular formula is C15H19F3O. The zero-order valence-corrected chi connectivity index (χ0v) is 11.0. The molecule has 1 aliphatic carbocycles. The van der Waals surface area contributed by atoms with Crippen molar-refractivity contribution >= 4 is 0 Å². The highest BCUT2D eigenvalue weighted by Gasteiger charge is 2.37. The van der Waals surface area contributed by atoms with Crippen molar-refractivity contribution in [1.82, 2.24) is 0 Å². The number of alkyl halides is 3. The summed E-state index contributed by atoms with van der Waals surface area (Å²) in [6, 6.07) is 5.11. The first-order valence-corrected chi connectivity index (χ1v) is 6.75. The molecule has 0 amide bonds. The molecule has 106 valence electrons. The summed E-state index contributed by atoms with van der Waals surface area (Å²) in [7, 11) is 0. The van der Waals surface area contributed by atoms with E-state index in [1.807, 2.05) is 0 Å². The monoisotopic (exact) mass is 272 g/mol. The van der Waals surface area contributed by atoms with Crippen LogP contribution in [0.25, 0.3) is 0 Å². The van der Waals surface area contributed by atoms with Gasteiger partial charge in [0, 0.05) is 0 Å². The molecule has 1 nitrogen and oxygen atoms in total. The Hall–Kier alpha value is -1.03. The topological polar surface area (TPSA) is 20.2 Å². The second kappa shape index (κ2) is 5.16.